The van der Waals surface area contributed by atoms with Gasteiger partial charge >= 0.3 is 0 Å². The van der Waals surface area contributed by atoms with Crippen molar-refractivity contribution < 1.29 is 4.79 Å². The second-order valence-corrected chi connectivity index (χ2v) is 6.99. The van der Waals surface area contributed by atoms with Crippen molar-refractivity contribution in [3.05, 3.63) is 51.7 Å². The van der Waals surface area contributed by atoms with Gasteiger partial charge in [0.05, 0.1) is 5.41 Å². The molecule has 3 heteroatoms. The van der Waals surface area contributed by atoms with E-state index < -0.39 is 0 Å². The Hall–Kier alpha value is -1.61. The number of nitrogens with one attached hydrogen (secondary N) is 1. The minimum absolute atomic E-state index is 0.163. The topological polar surface area (TPSA) is 29.1 Å². The van der Waals surface area contributed by atoms with Crippen LogP contribution in [0.4, 0.5) is 5.69 Å². The van der Waals surface area contributed by atoms with Crippen molar-refractivity contribution in [1.82, 2.24) is 0 Å². The number of thiophene rings is 1. The highest BCUT2D eigenvalue weighted by Gasteiger charge is 2.43. The van der Waals surface area contributed by atoms with Gasteiger partial charge in [-0.05, 0) is 55.3 Å². The zero-order chi connectivity index (χ0) is 14.9. The Bertz CT molecular complexity index is 639. The summed E-state index contributed by atoms with van der Waals surface area (Å²) in [5.41, 5.74) is 2.92. The third kappa shape index (κ3) is 2.62. The lowest BCUT2D eigenvalue weighted by atomic mass is 9.83. The Morgan fingerprint density at radius 3 is 2.62 bits per heavy atom. The van der Waals surface area contributed by atoms with Crippen LogP contribution in [0.15, 0.2) is 35.7 Å². The number of carbonyl (C=O) groups excluding carboxylic acids is 1. The summed E-state index contributed by atoms with van der Waals surface area (Å²) in [5.74, 6) is 0.163. The van der Waals surface area contributed by atoms with Gasteiger partial charge in [-0.15, -0.1) is 11.3 Å². The van der Waals surface area contributed by atoms with Crippen LogP contribution in [0.25, 0.3) is 0 Å². The smallest absolute Gasteiger partial charge is 0.235 e. The minimum Gasteiger partial charge on any atom is -0.325 e. The highest BCUT2D eigenvalue weighted by atomic mass is 32.1. The van der Waals surface area contributed by atoms with Crippen LogP contribution in [0.5, 0.6) is 0 Å². The Labute approximate surface area is 130 Å². The van der Waals surface area contributed by atoms with E-state index in [-0.39, 0.29) is 11.3 Å². The van der Waals surface area contributed by atoms with Crippen LogP contribution in [0.3, 0.4) is 0 Å². The molecule has 1 aromatic heterocycles. The molecule has 0 spiro atoms. The fourth-order valence-electron chi connectivity index (χ4n) is 3.23. The SMILES string of the molecule is Cc1ccc(C)c(NC(=O)C2(c3cccs3)CCCC2)c1. The molecule has 1 N–H and O–H groups in total. The van der Waals surface area contributed by atoms with E-state index in [1.807, 2.05) is 13.0 Å². The van der Waals surface area contributed by atoms with Crippen molar-refractivity contribution in [3.63, 3.8) is 0 Å². The van der Waals surface area contributed by atoms with E-state index in [0.717, 1.165) is 36.9 Å². The maximum atomic E-state index is 13.0. The van der Waals surface area contributed by atoms with Crippen molar-refractivity contribution in [2.24, 2.45) is 0 Å². The molecule has 110 valence electrons. The third-order valence-electron chi connectivity index (χ3n) is 4.53. The van der Waals surface area contributed by atoms with Gasteiger partial charge in [-0.2, -0.15) is 0 Å². The summed E-state index contributed by atoms with van der Waals surface area (Å²) in [4.78, 5) is 14.2. The van der Waals surface area contributed by atoms with Crippen LogP contribution in [-0.2, 0) is 10.2 Å². The van der Waals surface area contributed by atoms with Crippen LogP contribution in [0.1, 0.15) is 41.7 Å². The van der Waals surface area contributed by atoms with Crippen LogP contribution in [-0.4, -0.2) is 5.91 Å². The Kier molecular flexibility index (Phi) is 3.85. The quantitative estimate of drug-likeness (QED) is 0.865. The number of aryl methyl sites for hydroxylation is 2. The summed E-state index contributed by atoms with van der Waals surface area (Å²) >= 11 is 1.70. The predicted octanol–water partition coefficient (Wildman–Crippen LogP) is 4.82. The highest BCUT2D eigenvalue weighted by molar-refractivity contribution is 7.10. The Morgan fingerprint density at radius 1 is 1.19 bits per heavy atom. The number of anilines is 1. The van der Waals surface area contributed by atoms with E-state index in [9.17, 15) is 4.79 Å². The first kappa shape index (κ1) is 14.3. The number of benzene rings is 1. The zero-order valence-corrected chi connectivity index (χ0v) is 13.4. The molecule has 0 saturated heterocycles. The lowest BCUT2D eigenvalue weighted by Gasteiger charge is -2.27. The average Bonchev–Trinajstić information content (AvgIpc) is 3.13. The van der Waals surface area contributed by atoms with Crippen molar-refractivity contribution in [1.29, 1.82) is 0 Å². The number of amides is 1. The van der Waals surface area contributed by atoms with Crippen molar-refractivity contribution in [2.45, 2.75) is 44.9 Å². The standard InChI is InChI=1S/C18H21NOS/c1-13-7-8-14(2)15(12-13)19-17(20)18(9-3-4-10-18)16-6-5-11-21-16/h5-8,11-12H,3-4,9-10H2,1-2H3,(H,19,20). The number of hydrogen-bond acceptors (Lipinski definition) is 2. The summed E-state index contributed by atoms with van der Waals surface area (Å²) in [6, 6.07) is 10.4. The van der Waals surface area contributed by atoms with E-state index >= 15 is 0 Å². The maximum absolute atomic E-state index is 13.0. The van der Waals surface area contributed by atoms with Crippen molar-refractivity contribution in [2.75, 3.05) is 5.32 Å². The van der Waals surface area contributed by atoms with Gasteiger partial charge in [0.1, 0.15) is 0 Å². The van der Waals surface area contributed by atoms with Crippen LogP contribution < -0.4 is 5.32 Å². The molecule has 1 aliphatic rings. The molecule has 1 heterocycles. The second kappa shape index (κ2) is 5.64. The first-order valence-corrected chi connectivity index (χ1v) is 8.42. The Balaban J connectivity index is 1.91. The van der Waals surface area contributed by atoms with E-state index in [0.29, 0.717) is 0 Å². The van der Waals surface area contributed by atoms with E-state index in [2.05, 4.69) is 41.9 Å². The molecule has 1 aromatic carbocycles. The fourth-order valence-corrected chi connectivity index (χ4v) is 4.21. The first-order chi connectivity index (χ1) is 10.1. The molecule has 0 atom stereocenters. The van der Waals surface area contributed by atoms with Gasteiger partial charge in [-0.1, -0.05) is 31.0 Å². The predicted molar refractivity (Wildman–Crippen MR) is 89.0 cm³/mol. The second-order valence-electron chi connectivity index (χ2n) is 6.04. The third-order valence-corrected chi connectivity index (χ3v) is 5.60. The van der Waals surface area contributed by atoms with Crippen molar-refractivity contribution in [3.8, 4) is 0 Å². The molecule has 2 aromatic rings. The molecule has 0 unspecified atom stereocenters. The number of hydrogen-bond donors (Lipinski definition) is 1. The minimum atomic E-state index is -0.315. The molecule has 1 fully saturated rings. The Morgan fingerprint density at radius 2 is 1.95 bits per heavy atom. The molecule has 0 aliphatic heterocycles. The largest absolute Gasteiger partial charge is 0.325 e. The lowest BCUT2D eigenvalue weighted by molar-refractivity contribution is -0.121. The summed E-state index contributed by atoms with van der Waals surface area (Å²) in [7, 11) is 0. The van der Waals surface area contributed by atoms with Gasteiger partial charge in [-0.3, -0.25) is 4.79 Å². The van der Waals surface area contributed by atoms with Gasteiger partial charge < -0.3 is 5.32 Å². The van der Waals surface area contributed by atoms with Crippen molar-refractivity contribution >= 4 is 22.9 Å². The van der Waals surface area contributed by atoms with Gasteiger partial charge in [0.15, 0.2) is 0 Å². The van der Waals surface area contributed by atoms with E-state index in [1.54, 1.807) is 11.3 Å². The van der Waals surface area contributed by atoms with E-state index in [4.69, 9.17) is 0 Å². The fraction of sp³-hybridized carbons (Fsp3) is 0.389. The summed E-state index contributed by atoms with van der Waals surface area (Å²) in [5, 5.41) is 5.26. The highest BCUT2D eigenvalue weighted by Crippen LogP contribution is 2.44. The lowest BCUT2D eigenvalue weighted by Crippen LogP contribution is -2.37. The summed E-state index contributed by atoms with van der Waals surface area (Å²) < 4.78 is 0. The molecule has 0 bridgehead atoms. The van der Waals surface area contributed by atoms with Crippen LogP contribution in [0, 0.1) is 13.8 Å². The average molecular weight is 299 g/mol. The van der Waals surface area contributed by atoms with Gasteiger partial charge in [0.2, 0.25) is 5.91 Å². The molecule has 1 saturated carbocycles. The number of carbonyl (C=O) groups is 1. The van der Waals surface area contributed by atoms with Crippen LogP contribution >= 0.6 is 11.3 Å². The normalized spacial score (nSPS) is 16.9. The zero-order valence-electron chi connectivity index (χ0n) is 12.6. The van der Waals surface area contributed by atoms with Gasteiger partial charge in [0.25, 0.3) is 0 Å². The molecular weight excluding hydrogens is 278 g/mol. The number of rotatable bonds is 3. The molecule has 2 nitrogen and oxygen atoms in total. The van der Waals surface area contributed by atoms with Crippen LogP contribution in [0.2, 0.25) is 0 Å². The summed E-state index contributed by atoms with van der Waals surface area (Å²) in [6.07, 6.45) is 4.20. The maximum Gasteiger partial charge on any atom is 0.235 e. The monoisotopic (exact) mass is 299 g/mol. The summed E-state index contributed by atoms with van der Waals surface area (Å²) in [6.45, 7) is 4.10. The molecule has 3 rings (SSSR count). The van der Waals surface area contributed by atoms with Gasteiger partial charge in [-0.25, -0.2) is 0 Å². The molecule has 21 heavy (non-hydrogen) atoms. The first-order valence-electron chi connectivity index (χ1n) is 7.54. The molecular formula is C18H21NOS. The molecule has 0 radical (unpaired) electrons. The van der Waals surface area contributed by atoms with E-state index in [1.165, 1.54) is 10.4 Å². The van der Waals surface area contributed by atoms with Gasteiger partial charge in [0, 0.05) is 10.6 Å². The molecule has 1 aliphatic carbocycles. The molecule has 1 amide bonds.